The molecule has 0 radical (unpaired) electrons. The number of alkyl halides is 1. The predicted octanol–water partition coefficient (Wildman–Crippen LogP) is 3.28. The van der Waals surface area contributed by atoms with Gasteiger partial charge in [0, 0.05) is 11.8 Å². The predicted molar refractivity (Wildman–Crippen MR) is 61.8 cm³/mol. The van der Waals surface area contributed by atoms with Crippen LogP contribution in [0.2, 0.25) is 0 Å². The van der Waals surface area contributed by atoms with E-state index in [1.165, 1.54) is 25.1 Å². The van der Waals surface area contributed by atoms with Gasteiger partial charge in [-0.15, -0.1) is 11.6 Å². The summed E-state index contributed by atoms with van der Waals surface area (Å²) in [5, 5.41) is 0. The number of carbonyl (C=O) groups excluding carboxylic acids is 1. The maximum absolute atomic E-state index is 12.9. The molecule has 0 bridgehead atoms. The van der Waals surface area contributed by atoms with E-state index in [1.807, 2.05) is 6.92 Å². The van der Waals surface area contributed by atoms with E-state index in [0.29, 0.717) is 18.2 Å². The third-order valence-electron chi connectivity index (χ3n) is 2.11. The zero-order valence-corrected chi connectivity index (χ0v) is 10.1. The molecule has 0 fully saturated rings. The van der Waals surface area contributed by atoms with E-state index in [-0.39, 0.29) is 17.3 Å². The van der Waals surface area contributed by atoms with Gasteiger partial charge in [0.2, 0.25) is 0 Å². The van der Waals surface area contributed by atoms with Crippen molar-refractivity contribution in [1.29, 1.82) is 0 Å². The van der Waals surface area contributed by atoms with Crippen molar-refractivity contribution in [3.8, 4) is 5.75 Å². The number of rotatable bonds is 5. The first-order chi connectivity index (χ1) is 7.54. The van der Waals surface area contributed by atoms with Gasteiger partial charge in [-0.1, -0.05) is 6.92 Å². The third-order valence-corrected chi connectivity index (χ3v) is 2.63. The summed E-state index contributed by atoms with van der Waals surface area (Å²) in [6.45, 7) is 3.73. The SMILES string of the molecule is CC(=O)c1cc(F)ccc1OCC(C)CCl. The van der Waals surface area contributed by atoms with Crippen LogP contribution in [0.4, 0.5) is 4.39 Å². The number of hydrogen-bond donors (Lipinski definition) is 0. The Morgan fingerprint density at radius 3 is 2.81 bits per heavy atom. The molecule has 0 amide bonds. The molecule has 0 N–H and O–H groups in total. The lowest BCUT2D eigenvalue weighted by Gasteiger charge is -2.12. The quantitative estimate of drug-likeness (QED) is 0.587. The number of hydrogen-bond acceptors (Lipinski definition) is 2. The summed E-state index contributed by atoms with van der Waals surface area (Å²) >= 11 is 5.64. The van der Waals surface area contributed by atoms with E-state index in [0.717, 1.165) is 0 Å². The van der Waals surface area contributed by atoms with Gasteiger partial charge in [0.05, 0.1) is 12.2 Å². The number of halogens is 2. The van der Waals surface area contributed by atoms with Crippen LogP contribution in [0.1, 0.15) is 24.2 Å². The van der Waals surface area contributed by atoms with Crippen LogP contribution < -0.4 is 4.74 Å². The van der Waals surface area contributed by atoms with Crippen LogP contribution >= 0.6 is 11.6 Å². The second kappa shape index (κ2) is 5.85. The lowest BCUT2D eigenvalue weighted by molar-refractivity contribution is 0.101. The van der Waals surface area contributed by atoms with Crippen molar-refractivity contribution < 1.29 is 13.9 Å². The standard InChI is InChI=1S/C12H14ClFO2/c1-8(6-13)7-16-12-4-3-10(14)5-11(12)9(2)15/h3-5,8H,6-7H2,1-2H3. The molecule has 0 aliphatic carbocycles. The molecule has 0 aliphatic rings. The normalized spacial score (nSPS) is 12.2. The number of ketones is 1. The van der Waals surface area contributed by atoms with Gasteiger partial charge in [-0.3, -0.25) is 4.79 Å². The Morgan fingerprint density at radius 2 is 2.25 bits per heavy atom. The molecule has 0 aliphatic heterocycles. The highest BCUT2D eigenvalue weighted by atomic mass is 35.5. The fourth-order valence-corrected chi connectivity index (χ4v) is 1.27. The van der Waals surface area contributed by atoms with Crippen LogP contribution in [-0.4, -0.2) is 18.3 Å². The number of ether oxygens (including phenoxy) is 1. The van der Waals surface area contributed by atoms with Crippen molar-refractivity contribution >= 4 is 17.4 Å². The van der Waals surface area contributed by atoms with E-state index in [9.17, 15) is 9.18 Å². The highest BCUT2D eigenvalue weighted by Crippen LogP contribution is 2.21. The number of carbonyl (C=O) groups is 1. The Bertz CT molecular complexity index is 379. The third kappa shape index (κ3) is 3.49. The molecule has 0 heterocycles. The molecule has 4 heteroatoms. The van der Waals surface area contributed by atoms with Crippen molar-refractivity contribution in [1.82, 2.24) is 0 Å². The zero-order valence-electron chi connectivity index (χ0n) is 9.30. The van der Waals surface area contributed by atoms with Crippen LogP contribution in [0.5, 0.6) is 5.75 Å². The van der Waals surface area contributed by atoms with Crippen LogP contribution in [0, 0.1) is 11.7 Å². The van der Waals surface area contributed by atoms with Crippen LogP contribution in [0.3, 0.4) is 0 Å². The minimum Gasteiger partial charge on any atom is -0.493 e. The Morgan fingerprint density at radius 1 is 1.56 bits per heavy atom. The fourth-order valence-electron chi connectivity index (χ4n) is 1.18. The summed E-state index contributed by atoms with van der Waals surface area (Å²) < 4.78 is 18.4. The van der Waals surface area contributed by atoms with Crippen molar-refractivity contribution in [2.24, 2.45) is 5.92 Å². The van der Waals surface area contributed by atoms with E-state index in [4.69, 9.17) is 16.3 Å². The van der Waals surface area contributed by atoms with Gasteiger partial charge >= 0.3 is 0 Å². The molecule has 2 nitrogen and oxygen atoms in total. The van der Waals surface area contributed by atoms with Gasteiger partial charge in [-0.2, -0.15) is 0 Å². The summed E-state index contributed by atoms with van der Waals surface area (Å²) in [5.74, 6) is 0.421. The molecule has 1 atom stereocenters. The molecule has 1 rings (SSSR count). The zero-order chi connectivity index (χ0) is 12.1. The van der Waals surface area contributed by atoms with E-state index < -0.39 is 5.82 Å². The molecule has 1 aromatic carbocycles. The highest BCUT2D eigenvalue weighted by Gasteiger charge is 2.11. The second-order valence-corrected chi connectivity index (χ2v) is 4.08. The molecule has 0 aromatic heterocycles. The largest absolute Gasteiger partial charge is 0.493 e. The van der Waals surface area contributed by atoms with E-state index in [1.54, 1.807) is 0 Å². The molecule has 0 spiro atoms. The fraction of sp³-hybridized carbons (Fsp3) is 0.417. The summed E-state index contributed by atoms with van der Waals surface area (Å²) in [4.78, 5) is 11.3. The highest BCUT2D eigenvalue weighted by molar-refractivity contribution is 6.18. The second-order valence-electron chi connectivity index (χ2n) is 3.77. The van der Waals surface area contributed by atoms with Crippen molar-refractivity contribution in [2.75, 3.05) is 12.5 Å². The lowest BCUT2D eigenvalue weighted by atomic mass is 10.1. The van der Waals surface area contributed by atoms with E-state index in [2.05, 4.69) is 0 Å². The van der Waals surface area contributed by atoms with Gasteiger partial charge in [0.25, 0.3) is 0 Å². The number of benzene rings is 1. The first-order valence-corrected chi connectivity index (χ1v) is 5.57. The minimum absolute atomic E-state index is 0.187. The molecular weight excluding hydrogens is 231 g/mol. The Labute approximate surface area is 99.4 Å². The molecular formula is C12H14ClFO2. The Balaban J connectivity index is 2.82. The average molecular weight is 245 g/mol. The van der Waals surface area contributed by atoms with Crippen molar-refractivity contribution in [2.45, 2.75) is 13.8 Å². The van der Waals surface area contributed by atoms with Crippen molar-refractivity contribution in [3.63, 3.8) is 0 Å². The van der Waals surface area contributed by atoms with Crippen LogP contribution in [-0.2, 0) is 0 Å². The molecule has 16 heavy (non-hydrogen) atoms. The van der Waals surface area contributed by atoms with Gasteiger partial charge in [0.15, 0.2) is 5.78 Å². The summed E-state index contributed by atoms with van der Waals surface area (Å²) in [7, 11) is 0. The monoisotopic (exact) mass is 244 g/mol. The molecule has 1 aromatic rings. The summed E-state index contributed by atoms with van der Waals surface area (Å²) in [6, 6.07) is 3.92. The average Bonchev–Trinajstić information content (AvgIpc) is 2.26. The van der Waals surface area contributed by atoms with Crippen LogP contribution in [0.15, 0.2) is 18.2 Å². The first-order valence-electron chi connectivity index (χ1n) is 5.04. The maximum Gasteiger partial charge on any atom is 0.163 e. The van der Waals surface area contributed by atoms with Crippen LogP contribution in [0.25, 0.3) is 0 Å². The molecule has 1 unspecified atom stereocenters. The summed E-state index contributed by atoms with van der Waals surface area (Å²) in [5.41, 5.74) is 0.266. The Hall–Kier alpha value is -1.09. The smallest absolute Gasteiger partial charge is 0.163 e. The molecule has 0 saturated heterocycles. The summed E-state index contributed by atoms with van der Waals surface area (Å²) in [6.07, 6.45) is 0. The van der Waals surface area contributed by atoms with E-state index >= 15 is 0 Å². The Kier molecular flexibility index (Phi) is 4.74. The van der Waals surface area contributed by atoms with Crippen molar-refractivity contribution in [3.05, 3.63) is 29.6 Å². The lowest BCUT2D eigenvalue weighted by Crippen LogP contribution is -2.11. The topological polar surface area (TPSA) is 26.3 Å². The minimum atomic E-state index is -0.442. The molecule has 88 valence electrons. The maximum atomic E-state index is 12.9. The van der Waals surface area contributed by atoms with Gasteiger partial charge in [-0.25, -0.2) is 4.39 Å². The van der Waals surface area contributed by atoms with Gasteiger partial charge < -0.3 is 4.74 Å². The van der Waals surface area contributed by atoms with Gasteiger partial charge in [-0.05, 0) is 25.1 Å². The molecule has 0 saturated carbocycles. The first kappa shape index (κ1) is 13.0. The van der Waals surface area contributed by atoms with Gasteiger partial charge in [0.1, 0.15) is 11.6 Å². The number of Topliss-reactive ketones (excluding diaryl/α,β-unsaturated/α-hetero) is 1.